The molecule has 0 saturated heterocycles. The monoisotopic (exact) mass is 776 g/mol. The predicted octanol–water partition coefficient (Wildman–Crippen LogP) is 15.8. The van der Waals surface area contributed by atoms with E-state index in [1.807, 2.05) is 0 Å². The van der Waals surface area contributed by atoms with Gasteiger partial charge in [-0.2, -0.15) is 0 Å². The Hall–Kier alpha value is -7.94. The van der Waals surface area contributed by atoms with Gasteiger partial charge in [-0.05, 0) is 98.9 Å². The van der Waals surface area contributed by atoms with Crippen molar-refractivity contribution in [1.82, 2.24) is 0 Å². The van der Waals surface area contributed by atoms with E-state index in [4.69, 9.17) is 0 Å². The average Bonchev–Trinajstić information content (AvgIpc) is 3.81. The molecule has 0 fully saturated rings. The van der Waals surface area contributed by atoms with Gasteiger partial charge >= 0.3 is 0 Å². The minimum atomic E-state index is -0.590. The highest BCUT2D eigenvalue weighted by Crippen LogP contribution is 2.67. The van der Waals surface area contributed by atoms with Gasteiger partial charge in [0.25, 0.3) is 0 Å². The molecule has 2 nitrogen and oxygen atoms in total. The third-order valence-electron chi connectivity index (χ3n) is 12.8. The molecule has 61 heavy (non-hydrogen) atoms. The number of benzene rings is 10. The normalized spacial score (nSPS) is 14.3. The van der Waals surface area contributed by atoms with Crippen molar-refractivity contribution in [2.45, 2.75) is 5.41 Å². The number of rotatable bonds is 7. The molecule has 10 aromatic rings. The van der Waals surface area contributed by atoms with Crippen LogP contribution in [0.2, 0.25) is 0 Å². The molecular weight excluding hydrogens is 737 g/mol. The summed E-state index contributed by atoms with van der Waals surface area (Å²) in [6, 6.07) is 89.0. The number of nitrogens with zero attached hydrogens (tertiary/aromatic N) is 2. The first-order valence-corrected chi connectivity index (χ1v) is 21.1. The van der Waals surface area contributed by atoms with Gasteiger partial charge in [-0.15, -0.1) is 0 Å². The first-order valence-electron chi connectivity index (χ1n) is 21.1. The van der Waals surface area contributed by atoms with Gasteiger partial charge in [0.1, 0.15) is 0 Å². The summed E-state index contributed by atoms with van der Waals surface area (Å²) in [7, 11) is 0. The van der Waals surface area contributed by atoms with Gasteiger partial charge in [-0.1, -0.05) is 188 Å². The Morgan fingerprint density at radius 3 is 1.39 bits per heavy atom. The molecule has 1 spiro atoms. The number of fused-ring (bicyclic) bond motifs is 11. The van der Waals surface area contributed by atoms with E-state index in [2.05, 4.69) is 252 Å². The number of anilines is 6. The minimum absolute atomic E-state index is 0.590. The molecule has 0 bridgehead atoms. The molecule has 0 aromatic heterocycles. The molecule has 0 amide bonds. The summed E-state index contributed by atoms with van der Waals surface area (Å²) in [5.74, 6) is 0. The van der Waals surface area contributed by atoms with E-state index >= 15 is 0 Å². The molecule has 286 valence electrons. The topological polar surface area (TPSA) is 6.48 Å². The third kappa shape index (κ3) is 5.22. The van der Waals surface area contributed by atoms with Crippen LogP contribution in [0.15, 0.2) is 243 Å². The molecule has 2 aliphatic rings. The van der Waals surface area contributed by atoms with Gasteiger partial charge < -0.3 is 9.80 Å². The van der Waals surface area contributed by atoms with Crippen molar-refractivity contribution in [3.63, 3.8) is 0 Å². The first kappa shape index (κ1) is 35.0. The van der Waals surface area contributed by atoms with E-state index in [-0.39, 0.29) is 0 Å². The lowest BCUT2D eigenvalue weighted by Crippen LogP contribution is -2.26. The van der Waals surface area contributed by atoms with Crippen LogP contribution in [0.25, 0.3) is 44.2 Å². The second-order valence-electron chi connectivity index (χ2n) is 16.0. The van der Waals surface area contributed by atoms with Crippen molar-refractivity contribution in [3.05, 3.63) is 265 Å². The molecule has 0 N–H and O–H groups in total. The highest BCUT2D eigenvalue weighted by molar-refractivity contribution is 6.13. The fourth-order valence-electron chi connectivity index (χ4n) is 10.5. The molecule has 0 aliphatic heterocycles. The van der Waals surface area contributed by atoms with Crippen molar-refractivity contribution in [1.29, 1.82) is 0 Å². The molecule has 1 atom stereocenters. The molecule has 1 unspecified atom stereocenters. The summed E-state index contributed by atoms with van der Waals surface area (Å²) in [5.41, 5.74) is 18.9. The summed E-state index contributed by atoms with van der Waals surface area (Å²) in [6.45, 7) is 0. The summed E-state index contributed by atoms with van der Waals surface area (Å²) in [6.07, 6.45) is 0. The SMILES string of the molecule is c1ccc(-c2ccccc2N(c2ccccc2)c2c3c(cc4ccccc24)C2(c4ccccc4-c4c(N(c5ccccc5)c5ccccc5)cccc42)c2ccccc2-3)cc1. The molecule has 10 aromatic carbocycles. The zero-order valence-electron chi connectivity index (χ0n) is 33.5. The standard InChI is InChI=1S/C59H40N2/c1-5-22-41(23-6-1)46-31-17-20-38-54(46)61(45-29-11-4-12-30-45)58-47-32-14-13-24-42(47)40-53-57(58)49-34-16-19-36-51(49)59(53)50-35-18-15-33-48(50)56-52(59)37-21-39-55(56)60(43-25-7-2-8-26-43)44-27-9-3-10-28-44/h1-40H. The molecule has 0 heterocycles. The predicted molar refractivity (Wildman–Crippen MR) is 255 cm³/mol. The van der Waals surface area contributed by atoms with E-state index in [1.54, 1.807) is 0 Å². The van der Waals surface area contributed by atoms with Crippen LogP contribution in [0.3, 0.4) is 0 Å². The van der Waals surface area contributed by atoms with Crippen LogP contribution in [-0.4, -0.2) is 0 Å². The maximum absolute atomic E-state index is 2.53. The lowest BCUT2D eigenvalue weighted by Gasteiger charge is -2.34. The Balaban J connectivity index is 1.22. The van der Waals surface area contributed by atoms with Gasteiger partial charge in [-0.3, -0.25) is 0 Å². The second kappa shape index (κ2) is 14.1. The quantitative estimate of drug-likeness (QED) is 0.159. The summed E-state index contributed by atoms with van der Waals surface area (Å²) < 4.78 is 0. The van der Waals surface area contributed by atoms with Crippen LogP contribution in [0.1, 0.15) is 22.3 Å². The number of hydrogen-bond donors (Lipinski definition) is 0. The van der Waals surface area contributed by atoms with Crippen molar-refractivity contribution in [2.24, 2.45) is 0 Å². The Labute approximate surface area is 356 Å². The Morgan fingerprint density at radius 1 is 0.295 bits per heavy atom. The molecular formula is C59H40N2. The Kier molecular flexibility index (Phi) is 8.11. The fraction of sp³-hybridized carbons (Fsp3) is 0.0169. The van der Waals surface area contributed by atoms with Crippen LogP contribution < -0.4 is 9.80 Å². The number of para-hydroxylation sites is 4. The summed E-state index contributed by atoms with van der Waals surface area (Å²) in [4.78, 5) is 4.96. The van der Waals surface area contributed by atoms with Crippen molar-refractivity contribution < 1.29 is 0 Å². The van der Waals surface area contributed by atoms with Crippen molar-refractivity contribution in [2.75, 3.05) is 9.80 Å². The fourth-order valence-corrected chi connectivity index (χ4v) is 10.5. The molecule has 2 aliphatic carbocycles. The highest BCUT2D eigenvalue weighted by Gasteiger charge is 2.53. The number of hydrogen-bond acceptors (Lipinski definition) is 2. The van der Waals surface area contributed by atoms with Crippen molar-refractivity contribution in [3.8, 4) is 33.4 Å². The third-order valence-corrected chi connectivity index (χ3v) is 12.8. The molecule has 12 rings (SSSR count). The Morgan fingerprint density at radius 2 is 0.754 bits per heavy atom. The minimum Gasteiger partial charge on any atom is -0.310 e. The molecule has 2 heteroatoms. The van der Waals surface area contributed by atoms with Crippen LogP contribution in [0.4, 0.5) is 34.1 Å². The summed E-state index contributed by atoms with van der Waals surface area (Å²) >= 11 is 0. The maximum atomic E-state index is 2.53. The lowest BCUT2D eigenvalue weighted by molar-refractivity contribution is 0.795. The maximum Gasteiger partial charge on any atom is 0.0727 e. The lowest BCUT2D eigenvalue weighted by atomic mass is 9.70. The van der Waals surface area contributed by atoms with Gasteiger partial charge in [0, 0.05) is 39.1 Å². The summed E-state index contributed by atoms with van der Waals surface area (Å²) in [5, 5.41) is 2.42. The van der Waals surface area contributed by atoms with Crippen LogP contribution in [-0.2, 0) is 5.41 Å². The van der Waals surface area contributed by atoms with Gasteiger partial charge in [0.15, 0.2) is 0 Å². The molecule has 0 radical (unpaired) electrons. The smallest absolute Gasteiger partial charge is 0.0727 e. The van der Waals surface area contributed by atoms with Gasteiger partial charge in [0.2, 0.25) is 0 Å². The first-order chi connectivity index (χ1) is 30.3. The zero-order valence-corrected chi connectivity index (χ0v) is 33.5. The highest BCUT2D eigenvalue weighted by atomic mass is 15.2. The van der Waals surface area contributed by atoms with E-state index in [0.717, 1.165) is 28.4 Å². The second-order valence-corrected chi connectivity index (χ2v) is 16.0. The largest absolute Gasteiger partial charge is 0.310 e. The van der Waals surface area contributed by atoms with Gasteiger partial charge in [-0.25, -0.2) is 0 Å². The van der Waals surface area contributed by atoms with Crippen LogP contribution in [0, 0.1) is 0 Å². The molecule has 0 saturated carbocycles. The van der Waals surface area contributed by atoms with E-state index in [9.17, 15) is 0 Å². The average molecular weight is 777 g/mol. The van der Waals surface area contributed by atoms with Crippen LogP contribution >= 0.6 is 0 Å². The Bertz CT molecular complexity index is 3210. The van der Waals surface area contributed by atoms with E-state index in [0.29, 0.717) is 0 Å². The van der Waals surface area contributed by atoms with Crippen molar-refractivity contribution >= 4 is 44.9 Å². The van der Waals surface area contributed by atoms with Crippen LogP contribution in [0.5, 0.6) is 0 Å². The van der Waals surface area contributed by atoms with E-state index < -0.39 is 5.41 Å². The van der Waals surface area contributed by atoms with E-state index in [1.165, 1.54) is 72.1 Å². The zero-order chi connectivity index (χ0) is 40.3. The van der Waals surface area contributed by atoms with Gasteiger partial charge in [0.05, 0.1) is 22.5 Å².